The summed E-state index contributed by atoms with van der Waals surface area (Å²) in [5.74, 6) is -0.461. The van der Waals surface area contributed by atoms with Gasteiger partial charge in [-0.25, -0.2) is 12.9 Å². The van der Waals surface area contributed by atoms with Crippen molar-refractivity contribution in [3.63, 3.8) is 0 Å². The van der Waals surface area contributed by atoms with E-state index >= 15 is 0 Å². The molecule has 0 radical (unpaired) electrons. The number of sulfonamides is 1. The summed E-state index contributed by atoms with van der Waals surface area (Å²) < 4.78 is 33.8. The van der Waals surface area contributed by atoms with Gasteiger partial charge in [-0.2, -0.15) is 9.29 Å². The molecule has 1 aromatic carbocycles. The second kappa shape index (κ2) is 7.41. The maximum Gasteiger partial charge on any atom is 0.259 e. The van der Waals surface area contributed by atoms with E-state index in [4.69, 9.17) is 16.3 Å². The molecule has 148 valence electrons. The molecule has 2 aromatic heterocycles. The zero-order chi connectivity index (χ0) is 19.9. The van der Waals surface area contributed by atoms with Crippen LogP contribution in [0.15, 0.2) is 28.5 Å². The van der Waals surface area contributed by atoms with Crippen LogP contribution in [0.3, 0.4) is 0 Å². The molecule has 0 bridgehead atoms. The summed E-state index contributed by atoms with van der Waals surface area (Å²) in [5, 5.41) is 8.82. The molecule has 9 nitrogen and oxygen atoms in total. The van der Waals surface area contributed by atoms with Crippen LogP contribution < -0.4 is 5.32 Å². The van der Waals surface area contributed by atoms with Gasteiger partial charge in [0.25, 0.3) is 11.9 Å². The third-order valence-electron chi connectivity index (χ3n) is 4.26. The fraction of sp³-hybridized carbons (Fsp3) is 0.312. The molecule has 0 unspecified atom stereocenters. The van der Waals surface area contributed by atoms with Crippen LogP contribution >= 0.6 is 22.9 Å². The number of rotatable bonds is 4. The van der Waals surface area contributed by atoms with Crippen LogP contribution in [0.25, 0.3) is 4.96 Å². The Kier molecular flexibility index (Phi) is 5.10. The zero-order valence-corrected chi connectivity index (χ0v) is 17.1. The third-order valence-corrected chi connectivity index (χ3v) is 7.42. The van der Waals surface area contributed by atoms with Crippen molar-refractivity contribution in [3.05, 3.63) is 39.9 Å². The molecule has 1 fully saturated rings. The van der Waals surface area contributed by atoms with Gasteiger partial charge in [0.2, 0.25) is 15.0 Å². The molecule has 0 saturated carbocycles. The predicted octanol–water partition coefficient (Wildman–Crippen LogP) is 2.03. The van der Waals surface area contributed by atoms with Crippen LogP contribution in [-0.2, 0) is 14.8 Å². The highest BCUT2D eigenvalue weighted by molar-refractivity contribution is 7.89. The molecule has 12 heteroatoms. The number of nitrogens with one attached hydrogen (secondary N) is 1. The summed E-state index contributed by atoms with van der Waals surface area (Å²) in [4.78, 5) is 17.5. The lowest BCUT2D eigenvalue weighted by Crippen LogP contribution is -2.40. The van der Waals surface area contributed by atoms with Gasteiger partial charge >= 0.3 is 0 Å². The van der Waals surface area contributed by atoms with Crippen molar-refractivity contribution < 1.29 is 17.9 Å². The molecule has 1 aliphatic rings. The summed E-state index contributed by atoms with van der Waals surface area (Å²) in [7, 11) is -3.74. The number of anilines is 1. The molecule has 3 heterocycles. The number of nitrogens with zero attached hydrogens (tertiary/aromatic N) is 4. The number of aryl methyl sites for hydroxylation is 1. The lowest BCUT2D eigenvalue weighted by molar-refractivity contribution is 0.0730. The van der Waals surface area contributed by atoms with Crippen LogP contribution in [0.4, 0.5) is 5.95 Å². The Labute approximate surface area is 169 Å². The van der Waals surface area contributed by atoms with Crippen LogP contribution in [-0.4, -0.2) is 59.5 Å². The molecule has 1 N–H and O–H groups in total. The van der Waals surface area contributed by atoms with Crippen LogP contribution in [0.1, 0.15) is 16.1 Å². The highest BCUT2D eigenvalue weighted by Crippen LogP contribution is 2.24. The van der Waals surface area contributed by atoms with E-state index in [1.807, 2.05) is 12.3 Å². The molecule has 0 atom stereocenters. The quantitative estimate of drug-likeness (QED) is 0.664. The fourth-order valence-corrected chi connectivity index (χ4v) is 5.23. The van der Waals surface area contributed by atoms with Crippen molar-refractivity contribution in [2.75, 3.05) is 31.6 Å². The van der Waals surface area contributed by atoms with E-state index in [-0.39, 0.29) is 34.5 Å². The van der Waals surface area contributed by atoms with Crippen LogP contribution in [0.2, 0.25) is 5.02 Å². The maximum atomic E-state index is 12.8. The van der Waals surface area contributed by atoms with Gasteiger partial charge in [-0.05, 0) is 25.1 Å². The van der Waals surface area contributed by atoms with Crippen molar-refractivity contribution in [2.24, 2.45) is 0 Å². The van der Waals surface area contributed by atoms with Gasteiger partial charge in [-0.1, -0.05) is 11.6 Å². The minimum atomic E-state index is -3.74. The number of fused-ring (bicyclic) bond motifs is 1. The summed E-state index contributed by atoms with van der Waals surface area (Å²) in [6.45, 7) is 3.08. The molecular formula is C16H16ClN5O4S2. The first-order valence-electron chi connectivity index (χ1n) is 8.36. The Hall–Kier alpha value is -2.05. The van der Waals surface area contributed by atoms with Gasteiger partial charge in [0.15, 0.2) is 0 Å². The normalized spacial score (nSPS) is 15.8. The Morgan fingerprint density at radius 3 is 2.79 bits per heavy atom. The Morgan fingerprint density at radius 1 is 1.32 bits per heavy atom. The van der Waals surface area contributed by atoms with Crippen molar-refractivity contribution in [2.45, 2.75) is 11.8 Å². The van der Waals surface area contributed by atoms with Gasteiger partial charge in [-0.15, -0.1) is 16.4 Å². The molecule has 0 spiro atoms. The number of ether oxygens (including phenoxy) is 1. The van der Waals surface area contributed by atoms with E-state index in [1.54, 1.807) is 4.52 Å². The van der Waals surface area contributed by atoms with E-state index in [9.17, 15) is 13.2 Å². The minimum Gasteiger partial charge on any atom is -0.379 e. The van der Waals surface area contributed by atoms with Crippen molar-refractivity contribution in [1.82, 2.24) is 18.9 Å². The number of carbonyl (C=O) groups is 1. The topological polar surface area (TPSA) is 106 Å². The van der Waals surface area contributed by atoms with Crippen LogP contribution in [0, 0.1) is 6.92 Å². The van der Waals surface area contributed by atoms with Crippen molar-refractivity contribution >= 4 is 49.8 Å². The van der Waals surface area contributed by atoms with Gasteiger partial charge in [0.1, 0.15) is 0 Å². The number of aromatic nitrogens is 3. The molecule has 1 saturated heterocycles. The molecule has 28 heavy (non-hydrogen) atoms. The summed E-state index contributed by atoms with van der Waals surface area (Å²) in [6, 6.07) is 4.05. The van der Waals surface area contributed by atoms with Crippen molar-refractivity contribution in [3.8, 4) is 0 Å². The van der Waals surface area contributed by atoms with E-state index in [2.05, 4.69) is 15.4 Å². The molecule has 1 amide bonds. The summed E-state index contributed by atoms with van der Waals surface area (Å²) >= 11 is 7.54. The molecule has 0 aliphatic carbocycles. The Bertz CT molecular complexity index is 1150. The third kappa shape index (κ3) is 3.51. The number of carbonyl (C=O) groups excluding carboxylic acids is 1. The van der Waals surface area contributed by atoms with E-state index in [0.29, 0.717) is 18.2 Å². The average molecular weight is 442 g/mol. The van der Waals surface area contributed by atoms with Gasteiger partial charge < -0.3 is 4.74 Å². The number of hydrogen-bond donors (Lipinski definition) is 1. The fourth-order valence-electron chi connectivity index (χ4n) is 2.79. The number of halogens is 1. The van der Waals surface area contributed by atoms with E-state index in [1.165, 1.54) is 33.8 Å². The number of morpholine rings is 1. The smallest absolute Gasteiger partial charge is 0.259 e. The Balaban J connectivity index is 1.61. The largest absolute Gasteiger partial charge is 0.379 e. The lowest BCUT2D eigenvalue weighted by Gasteiger charge is -2.26. The monoisotopic (exact) mass is 441 g/mol. The number of hydrogen-bond acceptors (Lipinski definition) is 7. The number of benzene rings is 1. The number of amides is 1. The molecule has 3 aromatic rings. The van der Waals surface area contributed by atoms with Gasteiger partial charge in [0, 0.05) is 18.5 Å². The van der Waals surface area contributed by atoms with Crippen molar-refractivity contribution in [1.29, 1.82) is 0 Å². The molecule has 1 aliphatic heterocycles. The van der Waals surface area contributed by atoms with E-state index < -0.39 is 15.9 Å². The zero-order valence-electron chi connectivity index (χ0n) is 14.8. The minimum absolute atomic E-state index is 0.00132. The summed E-state index contributed by atoms with van der Waals surface area (Å²) in [6.07, 6.45) is 0. The summed E-state index contributed by atoms with van der Waals surface area (Å²) in [5.41, 5.74) is 0.926. The second-order valence-corrected chi connectivity index (χ2v) is 9.30. The maximum absolute atomic E-state index is 12.8. The van der Waals surface area contributed by atoms with Gasteiger partial charge in [0.05, 0.1) is 34.4 Å². The SMILES string of the molecule is Cc1csc2nc(NC(=O)c3cc(S(=O)(=O)N4CCOCC4)ccc3Cl)nn12. The highest BCUT2D eigenvalue weighted by Gasteiger charge is 2.27. The second-order valence-electron chi connectivity index (χ2n) is 6.12. The predicted molar refractivity (Wildman–Crippen MR) is 105 cm³/mol. The van der Waals surface area contributed by atoms with Gasteiger partial charge in [-0.3, -0.25) is 10.1 Å². The lowest BCUT2D eigenvalue weighted by atomic mass is 10.2. The van der Waals surface area contributed by atoms with Crippen LogP contribution in [0.5, 0.6) is 0 Å². The first kappa shape index (κ1) is 19.3. The first-order chi connectivity index (χ1) is 13.4. The average Bonchev–Trinajstić information content (AvgIpc) is 3.24. The standard InChI is InChI=1S/C16H16ClN5O4S2/c1-10-9-27-16-19-15(20-22(10)16)18-14(23)12-8-11(2-3-13(12)17)28(24,25)21-4-6-26-7-5-21/h2-3,8-9H,4-7H2,1H3,(H,18,20,23). The van der Waals surface area contributed by atoms with E-state index in [0.717, 1.165) is 5.69 Å². The molecule has 4 rings (SSSR count). The highest BCUT2D eigenvalue weighted by atomic mass is 35.5. The number of thiazole rings is 1. The first-order valence-corrected chi connectivity index (χ1v) is 11.1. The molecular weight excluding hydrogens is 426 g/mol. The Morgan fingerprint density at radius 2 is 2.07 bits per heavy atom.